The van der Waals surface area contributed by atoms with Crippen molar-refractivity contribution in [3.63, 3.8) is 0 Å². The van der Waals surface area contributed by atoms with Crippen LogP contribution in [0.4, 0.5) is 0 Å². The molecule has 0 heterocycles. The van der Waals surface area contributed by atoms with Gasteiger partial charge in [0.15, 0.2) is 0 Å². The van der Waals surface area contributed by atoms with Gasteiger partial charge in [-0.2, -0.15) is 10.5 Å². The van der Waals surface area contributed by atoms with E-state index in [1.165, 1.54) is 55.7 Å². The van der Waals surface area contributed by atoms with Gasteiger partial charge in [-0.05, 0) is 73.9 Å². The molecule has 0 spiro atoms. The average molecular weight is 381 g/mol. The minimum atomic E-state index is -0.175. The number of rotatable bonds is 2. The van der Waals surface area contributed by atoms with Crippen LogP contribution in [-0.2, 0) is 12.8 Å². The lowest BCUT2D eigenvalue weighted by Gasteiger charge is -2.18. The number of nitriles is 2. The zero-order valence-corrected chi connectivity index (χ0v) is 18.1. The molecule has 0 N–H and O–H groups in total. The van der Waals surface area contributed by atoms with Gasteiger partial charge < -0.3 is 0 Å². The molecule has 0 radical (unpaired) electrons. The highest BCUT2D eigenvalue weighted by atomic mass is 14.4. The number of benzene rings is 2. The largest absolute Gasteiger partial charge is 0.198 e. The second-order valence-electron chi connectivity index (χ2n) is 8.14. The number of hydrogen-bond acceptors (Lipinski definition) is 2. The van der Waals surface area contributed by atoms with Gasteiger partial charge in [0.1, 0.15) is 0 Å². The Morgan fingerprint density at radius 2 is 1.21 bits per heavy atom. The van der Waals surface area contributed by atoms with Crippen LogP contribution in [-0.4, -0.2) is 0 Å². The topological polar surface area (TPSA) is 47.6 Å². The van der Waals surface area contributed by atoms with E-state index in [1.807, 2.05) is 13.0 Å². The number of allylic oxidation sites excluding steroid dienone is 4. The number of nitrogens with zero attached hydrogens (tertiary/aromatic N) is 2. The minimum absolute atomic E-state index is 0.175. The molecule has 0 unspecified atom stereocenters. The molecule has 0 saturated carbocycles. The fourth-order valence-corrected chi connectivity index (χ4v) is 4.49. The Kier molecular flexibility index (Phi) is 6.05. The quantitative estimate of drug-likeness (QED) is 0.580. The summed E-state index contributed by atoms with van der Waals surface area (Å²) in [6, 6.07) is 17.9. The smallest absolute Gasteiger partial charge is 0.0973 e. The molecule has 0 atom stereocenters. The molecule has 2 nitrogen and oxygen atoms in total. The summed E-state index contributed by atoms with van der Waals surface area (Å²) in [5, 5.41) is 17.8. The average Bonchev–Trinajstić information content (AvgIpc) is 3.19. The Morgan fingerprint density at radius 3 is 1.55 bits per heavy atom. The maximum atomic E-state index is 10.2. The van der Waals surface area contributed by atoms with E-state index >= 15 is 0 Å². The van der Waals surface area contributed by atoms with Crippen molar-refractivity contribution in [1.29, 1.82) is 10.5 Å². The maximum absolute atomic E-state index is 10.2. The van der Waals surface area contributed by atoms with Crippen molar-refractivity contribution in [2.45, 2.75) is 53.9 Å². The molecule has 0 saturated heterocycles. The predicted octanol–water partition coefficient (Wildman–Crippen LogP) is 6.72. The summed E-state index contributed by atoms with van der Waals surface area (Å²) >= 11 is 0. The Hall–Kier alpha value is -3.10. The fraction of sp³-hybridized carbons (Fsp3) is 0.333. The van der Waals surface area contributed by atoms with E-state index in [9.17, 15) is 5.26 Å². The van der Waals surface area contributed by atoms with E-state index < -0.39 is 0 Å². The van der Waals surface area contributed by atoms with Crippen LogP contribution in [0.3, 0.4) is 0 Å². The van der Waals surface area contributed by atoms with Crippen molar-refractivity contribution in [3.05, 3.63) is 80.9 Å². The highest BCUT2D eigenvalue weighted by Gasteiger charge is 2.33. The lowest BCUT2D eigenvalue weighted by molar-refractivity contribution is 1.09. The van der Waals surface area contributed by atoms with E-state index in [0.717, 1.165) is 12.8 Å². The van der Waals surface area contributed by atoms with Gasteiger partial charge >= 0.3 is 0 Å². The highest BCUT2D eigenvalue weighted by Crippen LogP contribution is 2.47. The Bertz CT molecular complexity index is 1020. The molecule has 29 heavy (non-hydrogen) atoms. The zero-order chi connectivity index (χ0) is 21.1. The molecule has 0 aromatic heterocycles. The Morgan fingerprint density at radius 1 is 0.793 bits per heavy atom. The van der Waals surface area contributed by atoms with Crippen LogP contribution in [0.15, 0.2) is 47.5 Å². The van der Waals surface area contributed by atoms with Gasteiger partial charge in [0.05, 0.1) is 18.1 Å². The third kappa shape index (κ3) is 3.90. The predicted molar refractivity (Wildman–Crippen MR) is 120 cm³/mol. The van der Waals surface area contributed by atoms with Gasteiger partial charge in [0.25, 0.3) is 0 Å². The first-order chi connectivity index (χ1) is 13.9. The first-order valence-electron chi connectivity index (χ1n) is 10.3. The van der Waals surface area contributed by atoms with Crippen molar-refractivity contribution in [3.8, 4) is 12.1 Å². The summed E-state index contributed by atoms with van der Waals surface area (Å²) in [5.41, 5.74) is 13.0. The first-order valence-corrected chi connectivity index (χ1v) is 10.3. The third-order valence-electron chi connectivity index (χ3n) is 5.81. The van der Waals surface area contributed by atoms with Crippen LogP contribution in [0, 0.1) is 42.4 Å². The molecule has 2 heteroatoms. The van der Waals surface area contributed by atoms with Gasteiger partial charge in [-0.15, -0.1) is 0 Å². The van der Waals surface area contributed by atoms with Gasteiger partial charge in [0.2, 0.25) is 0 Å². The molecule has 0 bridgehead atoms. The third-order valence-corrected chi connectivity index (χ3v) is 5.81. The molecule has 0 aliphatic heterocycles. The van der Waals surface area contributed by atoms with E-state index in [1.54, 1.807) is 0 Å². The molecule has 0 fully saturated rings. The second kappa shape index (κ2) is 8.50. The highest BCUT2D eigenvalue weighted by molar-refractivity contribution is 5.92. The van der Waals surface area contributed by atoms with Crippen molar-refractivity contribution >= 4 is 11.1 Å². The summed E-state index contributed by atoms with van der Waals surface area (Å²) < 4.78 is 0. The second-order valence-corrected chi connectivity index (χ2v) is 8.14. The summed E-state index contributed by atoms with van der Waals surface area (Å²) in [4.78, 5) is 0. The van der Waals surface area contributed by atoms with Crippen molar-refractivity contribution < 1.29 is 0 Å². The molecule has 0 amide bonds. The SMILES string of the molecule is CC1=C(C(C#N)C2=C(C)Cc3ccc(C)cc32)c2cc(C)ccc2C1.CCC#N. The Balaban J connectivity index is 0.000000552. The van der Waals surface area contributed by atoms with E-state index in [0.29, 0.717) is 6.42 Å². The summed E-state index contributed by atoms with van der Waals surface area (Å²) in [6.45, 7) is 10.5. The molecular weight excluding hydrogens is 352 g/mol. The lowest BCUT2D eigenvalue weighted by atomic mass is 9.83. The van der Waals surface area contributed by atoms with Gasteiger partial charge in [-0.25, -0.2) is 0 Å². The molecule has 4 rings (SSSR count). The van der Waals surface area contributed by atoms with Gasteiger partial charge in [-0.1, -0.05) is 65.6 Å². The number of fused-ring (bicyclic) bond motifs is 2. The van der Waals surface area contributed by atoms with Crippen LogP contribution < -0.4 is 0 Å². The van der Waals surface area contributed by atoms with Crippen molar-refractivity contribution in [1.82, 2.24) is 0 Å². The molecule has 146 valence electrons. The molecule has 2 aliphatic rings. The lowest BCUT2D eigenvalue weighted by Crippen LogP contribution is -2.05. The van der Waals surface area contributed by atoms with E-state index in [2.05, 4.69) is 70.2 Å². The van der Waals surface area contributed by atoms with Crippen molar-refractivity contribution in [2.75, 3.05) is 0 Å². The van der Waals surface area contributed by atoms with E-state index in [-0.39, 0.29) is 5.92 Å². The minimum Gasteiger partial charge on any atom is -0.198 e. The van der Waals surface area contributed by atoms with Crippen LogP contribution in [0.25, 0.3) is 11.1 Å². The monoisotopic (exact) mass is 380 g/mol. The first kappa shape index (κ1) is 20.6. The Labute approximate surface area is 174 Å². The van der Waals surface area contributed by atoms with Crippen LogP contribution in [0.5, 0.6) is 0 Å². The normalized spacial score (nSPS) is 14.2. The van der Waals surface area contributed by atoms with Crippen LogP contribution in [0.1, 0.15) is 60.6 Å². The van der Waals surface area contributed by atoms with Gasteiger partial charge in [-0.3, -0.25) is 0 Å². The number of hydrogen-bond donors (Lipinski definition) is 0. The van der Waals surface area contributed by atoms with Crippen LogP contribution >= 0.6 is 0 Å². The molecule has 2 aromatic rings. The summed E-state index contributed by atoms with van der Waals surface area (Å²) in [5.74, 6) is -0.175. The standard InChI is InChI=1S/C24H23N.C3H5N/c1-14-5-7-18-11-16(3)23(20(18)9-14)22(13-25)24-17(4)12-19-8-6-15(2)10-21(19)24;1-2-3-4/h5-10,22H,11-12H2,1-4H3;2H2,1H3. The van der Waals surface area contributed by atoms with Gasteiger partial charge in [0, 0.05) is 6.42 Å². The maximum Gasteiger partial charge on any atom is 0.0973 e. The summed E-state index contributed by atoms with van der Waals surface area (Å²) in [6.07, 6.45) is 2.56. The molecular formula is C27H28N2. The summed E-state index contributed by atoms with van der Waals surface area (Å²) in [7, 11) is 0. The molecule has 2 aromatic carbocycles. The zero-order valence-electron chi connectivity index (χ0n) is 18.1. The van der Waals surface area contributed by atoms with E-state index in [4.69, 9.17) is 5.26 Å². The molecule has 2 aliphatic carbocycles. The van der Waals surface area contributed by atoms with Crippen molar-refractivity contribution in [2.24, 2.45) is 5.92 Å². The van der Waals surface area contributed by atoms with Crippen LogP contribution in [0.2, 0.25) is 0 Å². The fourth-order valence-electron chi connectivity index (χ4n) is 4.49. The number of aryl methyl sites for hydroxylation is 2.